The number of hydrogen-bond acceptors (Lipinski definition) is 2. The van der Waals surface area contributed by atoms with E-state index in [0.29, 0.717) is 6.04 Å². The molecule has 1 aliphatic rings. The number of H-pyrrole nitrogens is 2. The second-order valence-electron chi connectivity index (χ2n) is 4.52. The van der Waals surface area contributed by atoms with Gasteiger partial charge in [-0.1, -0.05) is 12.1 Å². The van der Waals surface area contributed by atoms with Crippen LogP contribution in [-0.4, -0.2) is 16.2 Å². The van der Waals surface area contributed by atoms with Crippen molar-refractivity contribution in [2.24, 2.45) is 0 Å². The Morgan fingerprint density at radius 1 is 1.12 bits per heavy atom. The minimum atomic E-state index is -0.100. The van der Waals surface area contributed by atoms with E-state index in [-0.39, 0.29) is 5.56 Å². The molecule has 1 aromatic heterocycles. The smallest absolute Gasteiger partial charge is 0.264 e. The molecule has 1 saturated carbocycles. The molecule has 3 rings (SSSR count). The quantitative estimate of drug-likeness (QED) is 0.756. The molecular weight excluding hydrogens is 214 g/mol. The molecule has 2 aromatic rings. The molecule has 3 N–H and O–H groups in total. The van der Waals surface area contributed by atoms with Crippen molar-refractivity contribution in [1.82, 2.24) is 10.2 Å². The normalized spacial score (nSPS) is 15.5. The van der Waals surface area contributed by atoms with E-state index in [1.54, 1.807) is 6.07 Å². The zero-order valence-electron chi connectivity index (χ0n) is 9.49. The number of aromatic nitrogens is 2. The Kier molecular flexibility index (Phi) is 2.48. The standard InChI is InChI=1S/C13H15N3O/c17-13-8-12(15-16-13)9-4-6-11(7-5-9)14-10-2-1-3-10/h4-8,10,14H,1-3H2,(H2,15,16,17). The third kappa shape index (κ3) is 2.11. The Bertz CT molecular complexity index is 549. The number of rotatable bonds is 3. The molecule has 0 atom stereocenters. The lowest BCUT2D eigenvalue weighted by atomic mass is 9.93. The fourth-order valence-electron chi connectivity index (χ4n) is 2.02. The third-order valence-electron chi connectivity index (χ3n) is 3.27. The third-order valence-corrected chi connectivity index (χ3v) is 3.27. The van der Waals surface area contributed by atoms with Crippen molar-refractivity contribution in [2.45, 2.75) is 25.3 Å². The lowest BCUT2D eigenvalue weighted by Gasteiger charge is -2.27. The molecule has 1 fully saturated rings. The Labute approximate surface area is 99.1 Å². The van der Waals surface area contributed by atoms with Crippen LogP contribution in [0.5, 0.6) is 0 Å². The van der Waals surface area contributed by atoms with E-state index < -0.39 is 0 Å². The van der Waals surface area contributed by atoms with Gasteiger partial charge in [0.05, 0.1) is 5.69 Å². The van der Waals surface area contributed by atoms with Crippen molar-refractivity contribution < 1.29 is 0 Å². The molecule has 0 bridgehead atoms. The van der Waals surface area contributed by atoms with Crippen molar-refractivity contribution in [3.8, 4) is 11.3 Å². The highest BCUT2D eigenvalue weighted by Crippen LogP contribution is 2.24. The summed E-state index contributed by atoms with van der Waals surface area (Å²) in [5.41, 5.74) is 2.89. The molecule has 4 nitrogen and oxygen atoms in total. The SMILES string of the molecule is O=c1cc(-c2ccc(NC3CCC3)cc2)[nH][nH]1. The van der Waals surface area contributed by atoms with Gasteiger partial charge in [0.15, 0.2) is 0 Å². The Morgan fingerprint density at radius 2 is 1.88 bits per heavy atom. The fourth-order valence-corrected chi connectivity index (χ4v) is 2.02. The Balaban J connectivity index is 1.77. The average molecular weight is 229 g/mol. The Hall–Kier alpha value is -1.97. The fraction of sp³-hybridized carbons (Fsp3) is 0.308. The van der Waals surface area contributed by atoms with Crippen LogP contribution in [0.4, 0.5) is 5.69 Å². The molecule has 1 aromatic carbocycles. The van der Waals surface area contributed by atoms with Gasteiger partial charge in [-0.3, -0.25) is 15.0 Å². The monoisotopic (exact) mass is 229 g/mol. The number of hydrogen-bond donors (Lipinski definition) is 3. The zero-order chi connectivity index (χ0) is 11.7. The number of anilines is 1. The van der Waals surface area contributed by atoms with Crippen molar-refractivity contribution in [1.29, 1.82) is 0 Å². The van der Waals surface area contributed by atoms with Crippen LogP contribution in [0.3, 0.4) is 0 Å². The maximum absolute atomic E-state index is 11.0. The average Bonchev–Trinajstić information content (AvgIpc) is 2.71. The van der Waals surface area contributed by atoms with E-state index in [9.17, 15) is 4.79 Å². The second-order valence-corrected chi connectivity index (χ2v) is 4.52. The van der Waals surface area contributed by atoms with Crippen LogP contribution >= 0.6 is 0 Å². The minimum absolute atomic E-state index is 0.100. The summed E-state index contributed by atoms with van der Waals surface area (Å²) >= 11 is 0. The van der Waals surface area contributed by atoms with E-state index in [4.69, 9.17) is 0 Å². The highest BCUT2D eigenvalue weighted by Gasteiger charge is 2.16. The van der Waals surface area contributed by atoms with Gasteiger partial charge in [0.1, 0.15) is 0 Å². The van der Waals surface area contributed by atoms with E-state index in [1.807, 2.05) is 12.1 Å². The summed E-state index contributed by atoms with van der Waals surface area (Å²) in [6.45, 7) is 0. The van der Waals surface area contributed by atoms with Gasteiger partial charge < -0.3 is 5.32 Å². The van der Waals surface area contributed by atoms with Crippen molar-refractivity contribution in [3.63, 3.8) is 0 Å². The van der Waals surface area contributed by atoms with Crippen LogP contribution in [0.15, 0.2) is 35.1 Å². The molecule has 0 amide bonds. The number of aromatic amines is 2. The summed E-state index contributed by atoms with van der Waals surface area (Å²) in [5.74, 6) is 0. The lowest BCUT2D eigenvalue weighted by Crippen LogP contribution is -2.26. The first-order valence-corrected chi connectivity index (χ1v) is 5.96. The topological polar surface area (TPSA) is 60.7 Å². The summed E-state index contributed by atoms with van der Waals surface area (Å²) in [5, 5.41) is 8.86. The molecule has 88 valence electrons. The lowest BCUT2D eigenvalue weighted by molar-refractivity contribution is 0.445. The van der Waals surface area contributed by atoms with Crippen LogP contribution in [0.25, 0.3) is 11.3 Å². The summed E-state index contributed by atoms with van der Waals surface area (Å²) < 4.78 is 0. The van der Waals surface area contributed by atoms with E-state index in [2.05, 4.69) is 27.6 Å². The highest BCUT2D eigenvalue weighted by molar-refractivity contribution is 5.62. The summed E-state index contributed by atoms with van der Waals surface area (Å²) in [6, 6.07) is 10.3. The molecule has 4 heteroatoms. The molecule has 0 radical (unpaired) electrons. The van der Waals surface area contributed by atoms with Gasteiger partial charge in [-0.15, -0.1) is 0 Å². The number of nitrogens with one attached hydrogen (secondary N) is 3. The van der Waals surface area contributed by atoms with E-state index in [1.165, 1.54) is 19.3 Å². The van der Waals surface area contributed by atoms with Crippen molar-refractivity contribution in [2.75, 3.05) is 5.32 Å². The van der Waals surface area contributed by atoms with Gasteiger partial charge in [-0.2, -0.15) is 0 Å². The van der Waals surface area contributed by atoms with Crippen LogP contribution in [0.2, 0.25) is 0 Å². The predicted octanol–water partition coefficient (Wildman–Crippen LogP) is 2.33. The van der Waals surface area contributed by atoms with Crippen LogP contribution < -0.4 is 10.9 Å². The first kappa shape index (κ1) is 10.2. The number of benzene rings is 1. The van der Waals surface area contributed by atoms with Gasteiger partial charge in [0.2, 0.25) is 0 Å². The summed E-state index contributed by atoms with van der Waals surface area (Å²) in [6.07, 6.45) is 3.88. The van der Waals surface area contributed by atoms with Gasteiger partial charge in [-0.05, 0) is 37.0 Å². The molecular formula is C13H15N3O. The van der Waals surface area contributed by atoms with Crippen molar-refractivity contribution in [3.05, 3.63) is 40.7 Å². The first-order chi connectivity index (χ1) is 8.31. The summed E-state index contributed by atoms with van der Waals surface area (Å²) in [4.78, 5) is 11.0. The van der Waals surface area contributed by atoms with Gasteiger partial charge in [0, 0.05) is 17.8 Å². The second kappa shape index (κ2) is 4.13. The van der Waals surface area contributed by atoms with Gasteiger partial charge in [-0.25, -0.2) is 0 Å². The Morgan fingerprint density at radius 3 is 2.41 bits per heavy atom. The molecule has 17 heavy (non-hydrogen) atoms. The highest BCUT2D eigenvalue weighted by atomic mass is 16.1. The molecule has 0 aliphatic heterocycles. The van der Waals surface area contributed by atoms with Crippen LogP contribution in [-0.2, 0) is 0 Å². The maximum Gasteiger partial charge on any atom is 0.264 e. The minimum Gasteiger partial charge on any atom is -0.382 e. The molecule has 1 aliphatic carbocycles. The predicted molar refractivity (Wildman–Crippen MR) is 68.1 cm³/mol. The van der Waals surface area contributed by atoms with Crippen LogP contribution in [0.1, 0.15) is 19.3 Å². The largest absolute Gasteiger partial charge is 0.382 e. The molecule has 0 unspecified atom stereocenters. The molecule has 0 spiro atoms. The van der Waals surface area contributed by atoms with Crippen LogP contribution in [0, 0.1) is 0 Å². The maximum atomic E-state index is 11.0. The zero-order valence-corrected chi connectivity index (χ0v) is 9.49. The first-order valence-electron chi connectivity index (χ1n) is 5.96. The molecule has 0 saturated heterocycles. The summed E-state index contributed by atoms with van der Waals surface area (Å²) in [7, 11) is 0. The molecule has 1 heterocycles. The van der Waals surface area contributed by atoms with E-state index >= 15 is 0 Å². The van der Waals surface area contributed by atoms with Gasteiger partial charge >= 0.3 is 0 Å². The van der Waals surface area contributed by atoms with Crippen molar-refractivity contribution >= 4 is 5.69 Å². The van der Waals surface area contributed by atoms with E-state index in [0.717, 1.165) is 16.9 Å². The van der Waals surface area contributed by atoms with Gasteiger partial charge in [0.25, 0.3) is 5.56 Å².